The highest BCUT2D eigenvalue weighted by Crippen LogP contribution is 2.33. The molecule has 0 aliphatic heterocycles. The van der Waals surface area contributed by atoms with E-state index in [1.165, 1.54) is 0 Å². The third-order valence-corrected chi connectivity index (χ3v) is 3.16. The highest BCUT2D eigenvalue weighted by Gasteiger charge is 2.15. The molecule has 3 nitrogen and oxygen atoms in total. The van der Waals surface area contributed by atoms with Crippen molar-refractivity contribution in [2.75, 3.05) is 0 Å². The minimum absolute atomic E-state index is 0.208. The van der Waals surface area contributed by atoms with Crippen molar-refractivity contribution < 1.29 is 4.74 Å². The van der Waals surface area contributed by atoms with Gasteiger partial charge in [0.1, 0.15) is 16.0 Å². The van der Waals surface area contributed by atoms with Crippen LogP contribution in [-0.2, 0) is 0 Å². The van der Waals surface area contributed by atoms with Gasteiger partial charge >= 0.3 is 0 Å². The lowest BCUT2D eigenvalue weighted by molar-refractivity contribution is 0.131. The number of ether oxygens (including phenoxy) is 1. The van der Waals surface area contributed by atoms with Gasteiger partial charge < -0.3 is 4.74 Å². The number of hydrogen-bond donors (Lipinski definition) is 1. The molecule has 1 heterocycles. The monoisotopic (exact) mass is 346 g/mol. The Morgan fingerprint density at radius 2 is 1.94 bits per heavy atom. The molecule has 2 rings (SSSR count). The van der Waals surface area contributed by atoms with Gasteiger partial charge in [0.05, 0.1) is 5.52 Å². The standard InChI is InChI=1S/C11H12Br2N2O/c1-11(2,3)16-6-4-7(12)9-8(5-6)14-15-10(9)13/h4-5H,1-3H3,(H,14,15). The molecule has 2 aromatic rings. The molecular weight excluding hydrogens is 336 g/mol. The molecule has 16 heavy (non-hydrogen) atoms. The molecule has 0 unspecified atom stereocenters. The molecule has 0 atom stereocenters. The van der Waals surface area contributed by atoms with E-state index in [1.807, 2.05) is 32.9 Å². The molecule has 0 amide bonds. The summed E-state index contributed by atoms with van der Waals surface area (Å²) in [5.74, 6) is 0.811. The van der Waals surface area contributed by atoms with Gasteiger partial charge in [-0.2, -0.15) is 5.10 Å². The van der Waals surface area contributed by atoms with Crippen molar-refractivity contribution in [1.29, 1.82) is 0 Å². The first-order chi connectivity index (χ1) is 7.37. The van der Waals surface area contributed by atoms with E-state index in [9.17, 15) is 0 Å². The average molecular weight is 348 g/mol. The van der Waals surface area contributed by atoms with Crippen LogP contribution < -0.4 is 4.74 Å². The van der Waals surface area contributed by atoms with E-state index < -0.39 is 0 Å². The summed E-state index contributed by atoms with van der Waals surface area (Å²) in [6, 6.07) is 3.88. The van der Waals surface area contributed by atoms with Gasteiger partial charge in [-0.05, 0) is 58.7 Å². The molecule has 1 aromatic heterocycles. The van der Waals surface area contributed by atoms with E-state index in [4.69, 9.17) is 4.74 Å². The lowest BCUT2D eigenvalue weighted by atomic mass is 10.2. The van der Waals surface area contributed by atoms with Crippen LogP contribution in [0.15, 0.2) is 21.2 Å². The zero-order chi connectivity index (χ0) is 11.9. The Morgan fingerprint density at radius 1 is 1.25 bits per heavy atom. The summed E-state index contributed by atoms with van der Waals surface area (Å²) in [6.07, 6.45) is 0. The lowest BCUT2D eigenvalue weighted by Gasteiger charge is -2.21. The molecule has 86 valence electrons. The molecular formula is C11H12Br2N2O. The molecule has 0 aliphatic carbocycles. The second-order valence-corrected chi connectivity index (χ2v) is 6.20. The lowest BCUT2D eigenvalue weighted by Crippen LogP contribution is -2.22. The van der Waals surface area contributed by atoms with E-state index in [-0.39, 0.29) is 5.60 Å². The van der Waals surface area contributed by atoms with Crippen LogP contribution >= 0.6 is 31.9 Å². The summed E-state index contributed by atoms with van der Waals surface area (Å²) in [5, 5.41) is 8.11. The molecule has 0 saturated carbocycles. The second kappa shape index (κ2) is 4.04. The maximum absolute atomic E-state index is 5.80. The minimum atomic E-state index is -0.208. The summed E-state index contributed by atoms with van der Waals surface area (Å²) in [4.78, 5) is 0. The van der Waals surface area contributed by atoms with Gasteiger partial charge in [-0.25, -0.2) is 0 Å². The van der Waals surface area contributed by atoms with Crippen LogP contribution in [0.1, 0.15) is 20.8 Å². The van der Waals surface area contributed by atoms with Gasteiger partial charge in [-0.1, -0.05) is 0 Å². The number of halogens is 2. The quantitative estimate of drug-likeness (QED) is 0.836. The summed E-state index contributed by atoms with van der Waals surface area (Å²) < 4.78 is 7.64. The van der Waals surface area contributed by atoms with Crippen molar-refractivity contribution >= 4 is 42.8 Å². The van der Waals surface area contributed by atoms with Crippen LogP contribution in [0.4, 0.5) is 0 Å². The van der Waals surface area contributed by atoms with Crippen molar-refractivity contribution in [2.24, 2.45) is 0 Å². The second-order valence-electron chi connectivity index (χ2n) is 4.55. The van der Waals surface area contributed by atoms with E-state index >= 15 is 0 Å². The summed E-state index contributed by atoms with van der Waals surface area (Å²) >= 11 is 6.93. The van der Waals surface area contributed by atoms with Crippen molar-refractivity contribution in [1.82, 2.24) is 10.2 Å². The first-order valence-corrected chi connectivity index (χ1v) is 6.47. The molecule has 0 radical (unpaired) electrons. The van der Waals surface area contributed by atoms with Crippen molar-refractivity contribution in [3.8, 4) is 5.75 Å². The Balaban J connectivity index is 2.51. The summed E-state index contributed by atoms with van der Waals surface area (Å²) in [6.45, 7) is 6.06. The number of H-pyrrole nitrogens is 1. The van der Waals surface area contributed by atoms with E-state index in [2.05, 4.69) is 42.1 Å². The summed E-state index contributed by atoms with van der Waals surface area (Å²) in [5.41, 5.74) is 0.668. The largest absolute Gasteiger partial charge is 0.488 e. The topological polar surface area (TPSA) is 37.9 Å². The number of aromatic amines is 1. The fourth-order valence-electron chi connectivity index (χ4n) is 1.45. The van der Waals surface area contributed by atoms with Crippen molar-refractivity contribution in [3.05, 3.63) is 21.2 Å². The normalized spacial score (nSPS) is 12.1. The van der Waals surface area contributed by atoms with Gasteiger partial charge in [0.25, 0.3) is 0 Å². The number of nitrogens with zero attached hydrogens (tertiary/aromatic N) is 1. The molecule has 1 N–H and O–H groups in total. The zero-order valence-electron chi connectivity index (χ0n) is 9.27. The van der Waals surface area contributed by atoms with Gasteiger partial charge in [-0.3, -0.25) is 5.10 Å². The van der Waals surface area contributed by atoms with Gasteiger partial charge in [0.2, 0.25) is 0 Å². The average Bonchev–Trinajstić information content (AvgIpc) is 2.44. The smallest absolute Gasteiger partial charge is 0.123 e. The predicted octanol–water partition coefficient (Wildman–Crippen LogP) is 4.27. The molecule has 5 heteroatoms. The molecule has 0 saturated heterocycles. The molecule has 1 aromatic carbocycles. The zero-order valence-corrected chi connectivity index (χ0v) is 12.4. The highest BCUT2D eigenvalue weighted by molar-refractivity contribution is 9.11. The number of rotatable bonds is 1. The third kappa shape index (κ3) is 2.40. The third-order valence-electron chi connectivity index (χ3n) is 1.96. The Labute approximate surface area is 111 Å². The fourth-order valence-corrected chi connectivity index (χ4v) is 2.85. The van der Waals surface area contributed by atoms with Crippen LogP contribution in [0.5, 0.6) is 5.75 Å². The number of nitrogens with one attached hydrogen (secondary N) is 1. The molecule has 0 aliphatic rings. The molecule has 0 spiro atoms. The Morgan fingerprint density at radius 3 is 2.56 bits per heavy atom. The number of aromatic nitrogens is 2. The fraction of sp³-hybridized carbons (Fsp3) is 0.364. The van der Waals surface area contributed by atoms with Crippen LogP contribution in [0.3, 0.4) is 0 Å². The SMILES string of the molecule is CC(C)(C)Oc1cc(Br)c2c(Br)[nH]nc2c1. The Bertz CT molecular complexity index is 528. The van der Waals surface area contributed by atoms with Crippen LogP contribution in [0.25, 0.3) is 10.9 Å². The van der Waals surface area contributed by atoms with Crippen LogP contribution in [-0.4, -0.2) is 15.8 Å². The highest BCUT2D eigenvalue weighted by atomic mass is 79.9. The Hall–Kier alpha value is -0.550. The van der Waals surface area contributed by atoms with E-state index in [1.54, 1.807) is 0 Å². The van der Waals surface area contributed by atoms with Crippen LogP contribution in [0, 0.1) is 0 Å². The van der Waals surface area contributed by atoms with Gasteiger partial charge in [0, 0.05) is 15.9 Å². The number of hydrogen-bond acceptors (Lipinski definition) is 2. The van der Waals surface area contributed by atoms with Crippen molar-refractivity contribution in [3.63, 3.8) is 0 Å². The maximum Gasteiger partial charge on any atom is 0.123 e. The van der Waals surface area contributed by atoms with Gasteiger partial charge in [-0.15, -0.1) is 0 Å². The van der Waals surface area contributed by atoms with E-state index in [0.717, 1.165) is 25.7 Å². The van der Waals surface area contributed by atoms with E-state index in [0.29, 0.717) is 0 Å². The van der Waals surface area contributed by atoms with Crippen LogP contribution in [0.2, 0.25) is 0 Å². The first-order valence-electron chi connectivity index (χ1n) is 4.89. The predicted molar refractivity (Wildman–Crippen MR) is 71.9 cm³/mol. The summed E-state index contributed by atoms with van der Waals surface area (Å²) in [7, 11) is 0. The number of benzene rings is 1. The first kappa shape index (κ1) is 11.9. The van der Waals surface area contributed by atoms with Crippen molar-refractivity contribution in [2.45, 2.75) is 26.4 Å². The number of fused-ring (bicyclic) bond motifs is 1. The Kier molecular flexibility index (Phi) is 3.01. The molecule has 0 bridgehead atoms. The minimum Gasteiger partial charge on any atom is -0.488 e. The molecule has 0 fully saturated rings. The maximum atomic E-state index is 5.80. The van der Waals surface area contributed by atoms with Gasteiger partial charge in [0.15, 0.2) is 0 Å².